The third kappa shape index (κ3) is 3.86. The van der Waals surface area contributed by atoms with Gasteiger partial charge >= 0.3 is 5.97 Å². The van der Waals surface area contributed by atoms with E-state index in [9.17, 15) is 9.59 Å². The molecule has 0 saturated carbocycles. The minimum atomic E-state index is -1.07. The average molecular weight is 285 g/mol. The lowest BCUT2D eigenvalue weighted by molar-refractivity contribution is -0.128. The first-order chi connectivity index (χ1) is 8.77. The van der Waals surface area contributed by atoms with Gasteiger partial charge in [-0.05, 0) is 32.0 Å². The quantitative estimate of drug-likeness (QED) is 0.775. The van der Waals surface area contributed by atoms with Crippen LogP contribution in [0.4, 0.5) is 5.69 Å². The van der Waals surface area contributed by atoms with Gasteiger partial charge in [0, 0.05) is 24.3 Å². The van der Waals surface area contributed by atoms with Gasteiger partial charge in [-0.2, -0.15) is 0 Å². The van der Waals surface area contributed by atoms with E-state index in [0.717, 1.165) is 0 Å². The summed E-state index contributed by atoms with van der Waals surface area (Å²) < 4.78 is 0. The number of amides is 1. The number of carboxylic acid groups (broad SMARTS) is 1. The molecular formula is C13H17ClN2O3. The predicted molar refractivity (Wildman–Crippen MR) is 74.7 cm³/mol. The number of benzene rings is 1. The van der Waals surface area contributed by atoms with Gasteiger partial charge in [-0.3, -0.25) is 4.79 Å². The highest BCUT2D eigenvalue weighted by Crippen LogP contribution is 2.23. The smallest absolute Gasteiger partial charge is 0.337 e. The van der Waals surface area contributed by atoms with Gasteiger partial charge in [0.2, 0.25) is 5.91 Å². The van der Waals surface area contributed by atoms with Crippen LogP contribution < -0.4 is 10.6 Å². The molecule has 3 N–H and O–H groups in total. The van der Waals surface area contributed by atoms with Gasteiger partial charge in [0.05, 0.1) is 11.0 Å². The van der Waals surface area contributed by atoms with Crippen molar-refractivity contribution in [2.24, 2.45) is 5.41 Å². The fourth-order valence-electron chi connectivity index (χ4n) is 1.58. The summed E-state index contributed by atoms with van der Waals surface area (Å²) in [4.78, 5) is 22.7. The lowest BCUT2D eigenvalue weighted by Gasteiger charge is -2.24. The molecule has 104 valence electrons. The summed E-state index contributed by atoms with van der Waals surface area (Å²) in [6.07, 6.45) is 0. The number of anilines is 1. The maximum absolute atomic E-state index is 11.6. The number of rotatable bonds is 5. The van der Waals surface area contributed by atoms with Crippen molar-refractivity contribution in [2.45, 2.75) is 13.8 Å². The van der Waals surface area contributed by atoms with Crippen molar-refractivity contribution in [3.63, 3.8) is 0 Å². The van der Waals surface area contributed by atoms with Crippen LogP contribution in [0.3, 0.4) is 0 Å². The number of halogens is 1. The molecule has 0 heterocycles. The molecular weight excluding hydrogens is 268 g/mol. The van der Waals surface area contributed by atoms with Crippen molar-refractivity contribution >= 4 is 29.2 Å². The molecule has 0 aliphatic carbocycles. The standard InChI is InChI=1S/C13H17ClN2O3/c1-13(2,12(19)15-3)7-16-10-5-4-8(14)6-9(10)11(17)18/h4-6,16H,7H2,1-3H3,(H,15,19)(H,17,18). The second-order valence-corrected chi connectivity index (χ2v) is 5.25. The molecule has 0 radical (unpaired) electrons. The Morgan fingerprint density at radius 2 is 2.00 bits per heavy atom. The topological polar surface area (TPSA) is 78.4 Å². The van der Waals surface area contributed by atoms with Gasteiger partial charge in [0.1, 0.15) is 0 Å². The number of hydrogen-bond donors (Lipinski definition) is 3. The molecule has 0 aliphatic heterocycles. The second kappa shape index (κ2) is 5.93. The van der Waals surface area contributed by atoms with E-state index in [0.29, 0.717) is 17.3 Å². The van der Waals surface area contributed by atoms with Crippen LogP contribution >= 0.6 is 11.6 Å². The summed E-state index contributed by atoms with van der Waals surface area (Å²) in [5.41, 5.74) is -0.126. The Morgan fingerprint density at radius 3 is 2.53 bits per heavy atom. The van der Waals surface area contributed by atoms with Crippen LogP contribution in [0.2, 0.25) is 5.02 Å². The van der Waals surface area contributed by atoms with Crippen LogP contribution in [0, 0.1) is 5.41 Å². The van der Waals surface area contributed by atoms with E-state index in [1.165, 1.54) is 6.07 Å². The summed E-state index contributed by atoms with van der Waals surface area (Å²) in [5, 5.41) is 15.0. The zero-order valence-electron chi connectivity index (χ0n) is 11.1. The Hall–Kier alpha value is -1.75. The molecule has 1 amide bonds. The molecule has 0 aliphatic rings. The Labute approximate surface area is 117 Å². The van der Waals surface area contributed by atoms with Crippen LogP contribution in [0.15, 0.2) is 18.2 Å². The number of carbonyl (C=O) groups is 2. The molecule has 1 aromatic rings. The summed E-state index contributed by atoms with van der Waals surface area (Å²) in [6, 6.07) is 4.56. The molecule has 5 nitrogen and oxygen atoms in total. The van der Waals surface area contributed by atoms with Gasteiger partial charge in [-0.25, -0.2) is 4.79 Å². The first-order valence-electron chi connectivity index (χ1n) is 5.77. The minimum absolute atomic E-state index is 0.0835. The van der Waals surface area contributed by atoms with Crippen molar-refractivity contribution in [2.75, 3.05) is 18.9 Å². The van der Waals surface area contributed by atoms with Crippen LogP contribution in [0.1, 0.15) is 24.2 Å². The minimum Gasteiger partial charge on any atom is -0.478 e. The Morgan fingerprint density at radius 1 is 1.37 bits per heavy atom. The summed E-state index contributed by atoms with van der Waals surface area (Å²) in [7, 11) is 1.56. The number of nitrogens with one attached hydrogen (secondary N) is 2. The van der Waals surface area contributed by atoms with Crippen molar-refractivity contribution in [3.8, 4) is 0 Å². The Balaban J connectivity index is 2.89. The van der Waals surface area contributed by atoms with Crippen molar-refractivity contribution in [1.29, 1.82) is 0 Å². The van der Waals surface area contributed by atoms with E-state index in [1.807, 2.05) is 0 Å². The molecule has 0 bridgehead atoms. The zero-order chi connectivity index (χ0) is 14.6. The SMILES string of the molecule is CNC(=O)C(C)(C)CNc1ccc(Cl)cc1C(=O)O. The maximum Gasteiger partial charge on any atom is 0.337 e. The van der Waals surface area contributed by atoms with Crippen molar-refractivity contribution in [1.82, 2.24) is 5.32 Å². The van der Waals surface area contributed by atoms with Crippen LogP contribution in [0.5, 0.6) is 0 Å². The first kappa shape index (κ1) is 15.3. The molecule has 0 saturated heterocycles. The second-order valence-electron chi connectivity index (χ2n) is 4.81. The highest BCUT2D eigenvalue weighted by atomic mass is 35.5. The van der Waals surface area contributed by atoms with Gasteiger partial charge in [-0.15, -0.1) is 0 Å². The largest absolute Gasteiger partial charge is 0.478 e. The molecule has 0 aromatic heterocycles. The van der Waals surface area contributed by atoms with Gasteiger partial charge < -0.3 is 15.7 Å². The fraction of sp³-hybridized carbons (Fsp3) is 0.385. The van der Waals surface area contributed by atoms with E-state index < -0.39 is 11.4 Å². The number of hydrogen-bond acceptors (Lipinski definition) is 3. The van der Waals surface area contributed by atoms with Crippen molar-refractivity contribution in [3.05, 3.63) is 28.8 Å². The van der Waals surface area contributed by atoms with Gasteiger partial charge in [-0.1, -0.05) is 11.6 Å². The van der Waals surface area contributed by atoms with Crippen LogP contribution in [-0.2, 0) is 4.79 Å². The van der Waals surface area contributed by atoms with E-state index in [4.69, 9.17) is 16.7 Å². The summed E-state index contributed by atoms with van der Waals surface area (Å²) >= 11 is 5.77. The Bertz CT molecular complexity index is 501. The first-order valence-corrected chi connectivity index (χ1v) is 6.14. The van der Waals surface area contributed by atoms with Crippen molar-refractivity contribution < 1.29 is 14.7 Å². The number of aromatic carboxylic acids is 1. The van der Waals surface area contributed by atoms with Gasteiger partial charge in [0.25, 0.3) is 0 Å². The lowest BCUT2D eigenvalue weighted by Crippen LogP contribution is -2.39. The maximum atomic E-state index is 11.6. The highest BCUT2D eigenvalue weighted by molar-refractivity contribution is 6.31. The zero-order valence-corrected chi connectivity index (χ0v) is 11.8. The molecule has 0 fully saturated rings. The monoisotopic (exact) mass is 284 g/mol. The average Bonchev–Trinajstić information content (AvgIpc) is 2.36. The van der Waals surface area contributed by atoms with Crippen LogP contribution in [0.25, 0.3) is 0 Å². The Kier molecular flexibility index (Phi) is 4.78. The molecule has 0 unspecified atom stereocenters. The number of carbonyl (C=O) groups excluding carboxylic acids is 1. The lowest BCUT2D eigenvalue weighted by atomic mass is 9.92. The molecule has 0 spiro atoms. The summed E-state index contributed by atoms with van der Waals surface area (Å²) in [5.74, 6) is -1.19. The normalized spacial score (nSPS) is 10.9. The number of carboxylic acids is 1. The van der Waals surface area contributed by atoms with Gasteiger partial charge in [0.15, 0.2) is 0 Å². The molecule has 19 heavy (non-hydrogen) atoms. The third-order valence-corrected chi connectivity index (χ3v) is 3.01. The molecule has 1 aromatic carbocycles. The van der Waals surface area contributed by atoms with E-state index >= 15 is 0 Å². The predicted octanol–water partition coefficient (Wildman–Crippen LogP) is 2.22. The third-order valence-electron chi connectivity index (χ3n) is 2.77. The molecule has 6 heteroatoms. The van der Waals surface area contributed by atoms with E-state index in [1.54, 1.807) is 33.0 Å². The summed E-state index contributed by atoms with van der Waals surface area (Å²) in [6.45, 7) is 3.86. The van der Waals surface area contributed by atoms with E-state index in [-0.39, 0.29) is 11.5 Å². The van der Waals surface area contributed by atoms with E-state index in [2.05, 4.69) is 10.6 Å². The fourth-order valence-corrected chi connectivity index (χ4v) is 1.75. The molecule has 1 rings (SSSR count). The van der Waals surface area contributed by atoms with Crippen LogP contribution in [-0.4, -0.2) is 30.6 Å². The molecule has 0 atom stereocenters. The highest BCUT2D eigenvalue weighted by Gasteiger charge is 2.26.